The highest BCUT2D eigenvalue weighted by Gasteiger charge is 2.22. The lowest BCUT2D eigenvalue weighted by Crippen LogP contribution is -2.49. The number of hydrogen-bond acceptors (Lipinski definition) is 6. The van der Waals surface area contributed by atoms with Gasteiger partial charge in [0.05, 0.1) is 16.9 Å². The average molecular weight is 343 g/mol. The Balaban J connectivity index is 1.83. The first kappa shape index (κ1) is 17.1. The Kier molecular flexibility index (Phi) is 4.80. The molecule has 0 aliphatic carbocycles. The molecule has 8 heteroatoms. The number of nitro benzene ring substituents is 1. The first-order valence-corrected chi connectivity index (χ1v) is 8.16. The summed E-state index contributed by atoms with van der Waals surface area (Å²) < 4.78 is 0. The summed E-state index contributed by atoms with van der Waals surface area (Å²) in [5.41, 5.74) is 0.802. The van der Waals surface area contributed by atoms with E-state index in [1.807, 2.05) is 23.9 Å². The zero-order valence-electron chi connectivity index (χ0n) is 14.4. The number of pyridine rings is 1. The Labute approximate surface area is 145 Å². The number of amides is 1. The molecular weight excluding hydrogens is 322 g/mol. The van der Waals surface area contributed by atoms with Crippen LogP contribution < -0.4 is 4.90 Å². The zero-order valence-corrected chi connectivity index (χ0v) is 14.4. The number of aromatic nitrogens is 1. The van der Waals surface area contributed by atoms with Crippen LogP contribution in [0.5, 0.6) is 0 Å². The Morgan fingerprint density at radius 1 is 1.24 bits per heavy atom. The van der Waals surface area contributed by atoms with Crippen LogP contribution in [0.1, 0.15) is 0 Å². The molecule has 25 heavy (non-hydrogen) atoms. The highest BCUT2D eigenvalue weighted by molar-refractivity contribution is 6.00. The third-order valence-corrected chi connectivity index (χ3v) is 4.61. The van der Waals surface area contributed by atoms with Crippen molar-refractivity contribution in [3.05, 3.63) is 40.7 Å². The van der Waals surface area contributed by atoms with E-state index in [1.165, 1.54) is 12.3 Å². The van der Waals surface area contributed by atoms with Gasteiger partial charge in [0.15, 0.2) is 0 Å². The molecule has 1 aliphatic heterocycles. The van der Waals surface area contributed by atoms with Gasteiger partial charge in [0.2, 0.25) is 5.91 Å². The number of piperazine rings is 1. The van der Waals surface area contributed by atoms with Gasteiger partial charge in [-0.25, -0.2) is 0 Å². The lowest BCUT2D eigenvalue weighted by molar-refractivity contribution is -0.383. The zero-order chi connectivity index (χ0) is 18.0. The van der Waals surface area contributed by atoms with Gasteiger partial charge < -0.3 is 14.7 Å². The fraction of sp³-hybridized carbons (Fsp3) is 0.412. The molecule has 2 aromatic rings. The van der Waals surface area contributed by atoms with Gasteiger partial charge in [0.1, 0.15) is 0 Å². The van der Waals surface area contributed by atoms with Gasteiger partial charge in [-0.2, -0.15) is 0 Å². The summed E-state index contributed by atoms with van der Waals surface area (Å²) in [5.74, 6) is 0.0659. The molecule has 1 amide bonds. The molecule has 1 aromatic heterocycles. The van der Waals surface area contributed by atoms with E-state index in [9.17, 15) is 14.9 Å². The molecule has 0 radical (unpaired) electrons. The van der Waals surface area contributed by atoms with Gasteiger partial charge in [-0.1, -0.05) is 0 Å². The van der Waals surface area contributed by atoms with E-state index in [0.717, 1.165) is 37.3 Å². The molecule has 0 bridgehead atoms. The van der Waals surface area contributed by atoms with E-state index >= 15 is 0 Å². The lowest BCUT2D eigenvalue weighted by atomic mass is 10.1. The van der Waals surface area contributed by atoms with E-state index in [0.29, 0.717) is 5.39 Å². The molecule has 0 atom stereocenters. The molecule has 1 saturated heterocycles. The van der Waals surface area contributed by atoms with E-state index in [4.69, 9.17) is 0 Å². The topological polar surface area (TPSA) is 82.8 Å². The molecule has 0 unspecified atom stereocenters. The maximum absolute atomic E-state index is 12.5. The highest BCUT2D eigenvalue weighted by Crippen LogP contribution is 2.32. The quantitative estimate of drug-likeness (QED) is 0.616. The number of nitro groups is 1. The van der Waals surface area contributed by atoms with Gasteiger partial charge >= 0.3 is 0 Å². The van der Waals surface area contributed by atoms with Gasteiger partial charge in [-0.05, 0) is 19.2 Å². The number of carbonyl (C=O) groups excluding carboxylic acids is 1. The minimum absolute atomic E-state index is 0.0191. The average Bonchev–Trinajstić information content (AvgIpc) is 2.61. The number of likely N-dealkylation sites (N-methyl/N-ethyl adjacent to an activating group) is 2. The van der Waals surface area contributed by atoms with Crippen LogP contribution in [0, 0.1) is 10.1 Å². The van der Waals surface area contributed by atoms with Gasteiger partial charge in [-0.15, -0.1) is 0 Å². The normalized spacial score (nSPS) is 15.4. The molecular formula is C17H21N5O3. The summed E-state index contributed by atoms with van der Waals surface area (Å²) in [6.07, 6.45) is 3.10. The highest BCUT2D eigenvalue weighted by atomic mass is 16.6. The second-order valence-corrected chi connectivity index (χ2v) is 6.32. The number of hydrogen-bond donors (Lipinski definition) is 0. The molecule has 1 aliphatic rings. The smallest absolute Gasteiger partial charge is 0.278 e. The Hall–Kier alpha value is -2.74. The monoisotopic (exact) mass is 343 g/mol. The molecule has 0 N–H and O–H groups in total. The van der Waals surface area contributed by atoms with Crippen molar-refractivity contribution in [2.45, 2.75) is 0 Å². The first-order chi connectivity index (χ1) is 12.0. The summed E-state index contributed by atoms with van der Waals surface area (Å²) >= 11 is 0. The predicted octanol–water partition coefficient (Wildman–Crippen LogP) is 1.35. The van der Waals surface area contributed by atoms with Crippen LogP contribution >= 0.6 is 0 Å². The number of rotatable bonds is 4. The van der Waals surface area contributed by atoms with Crippen molar-refractivity contribution in [3.8, 4) is 0 Å². The SMILES string of the molecule is CN1CCN(C(=O)CN(C)c2ccc([N+](=O)[O-])c3cnccc23)CC1. The molecule has 2 heterocycles. The van der Waals surface area contributed by atoms with E-state index in [-0.39, 0.29) is 18.1 Å². The van der Waals surface area contributed by atoms with Crippen molar-refractivity contribution in [3.63, 3.8) is 0 Å². The van der Waals surface area contributed by atoms with Gasteiger partial charge in [0.25, 0.3) is 5.69 Å². The summed E-state index contributed by atoms with van der Waals surface area (Å²) in [5, 5.41) is 12.4. The van der Waals surface area contributed by atoms with Gasteiger partial charge in [0, 0.05) is 62.8 Å². The molecule has 0 spiro atoms. The Morgan fingerprint density at radius 2 is 1.96 bits per heavy atom. The van der Waals surface area contributed by atoms with Crippen LogP contribution in [0.25, 0.3) is 10.8 Å². The van der Waals surface area contributed by atoms with Crippen LogP contribution in [0.2, 0.25) is 0 Å². The van der Waals surface area contributed by atoms with E-state index < -0.39 is 4.92 Å². The number of anilines is 1. The van der Waals surface area contributed by atoms with Crippen LogP contribution in [-0.2, 0) is 4.79 Å². The molecule has 132 valence electrons. The van der Waals surface area contributed by atoms with Crippen molar-refractivity contribution < 1.29 is 9.72 Å². The third-order valence-electron chi connectivity index (χ3n) is 4.61. The molecule has 1 aromatic carbocycles. The molecule has 1 fully saturated rings. The number of fused-ring (bicyclic) bond motifs is 1. The van der Waals surface area contributed by atoms with Crippen LogP contribution in [0.4, 0.5) is 11.4 Å². The van der Waals surface area contributed by atoms with Crippen molar-refractivity contribution >= 4 is 28.1 Å². The van der Waals surface area contributed by atoms with E-state index in [2.05, 4.69) is 9.88 Å². The fourth-order valence-corrected chi connectivity index (χ4v) is 3.10. The standard InChI is InChI=1S/C17H21N5O3/c1-19-7-9-21(10-8-19)17(23)12-20(2)15-3-4-16(22(24)25)14-11-18-6-5-13(14)15/h3-6,11H,7-10,12H2,1-2H3. The summed E-state index contributed by atoms with van der Waals surface area (Å²) in [6.45, 7) is 3.45. The summed E-state index contributed by atoms with van der Waals surface area (Å²) in [4.78, 5) is 33.2. The first-order valence-electron chi connectivity index (χ1n) is 8.16. The molecule has 0 saturated carbocycles. The number of nitrogens with zero attached hydrogens (tertiary/aromatic N) is 5. The van der Waals surface area contributed by atoms with Crippen LogP contribution in [0.15, 0.2) is 30.6 Å². The van der Waals surface area contributed by atoms with Crippen LogP contribution in [-0.4, -0.2) is 72.4 Å². The lowest BCUT2D eigenvalue weighted by Gasteiger charge is -2.33. The van der Waals surface area contributed by atoms with Crippen LogP contribution in [0.3, 0.4) is 0 Å². The maximum atomic E-state index is 12.5. The molecule has 3 rings (SSSR count). The Bertz CT molecular complexity index is 802. The number of non-ortho nitro benzene ring substituents is 1. The number of benzene rings is 1. The minimum atomic E-state index is -0.414. The largest absolute Gasteiger partial charge is 0.365 e. The second kappa shape index (κ2) is 7.02. The summed E-state index contributed by atoms with van der Waals surface area (Å²) in [6, 6.07) is 4.91. The maximum Gasteiger partial charge on any atom is 0.278 e. The van der Waals surface area contributed by atoms with Crippen molar-refractivity contribution in [1.82, 2.24) is 14.8 Å². The number of carbonyl (C=O) groups is 1. The summed E-state index contributed by atoms with van der Waals surface area (Å²) in [7, 11) is 3.87. The third kappa shape index (κ3) is 3.53. The van der Waals surface area contributed by atoms with Crippen molar-refractivity contribution in [1.29, 1.82) is 0 Å². The fourth-order valence-electron chi connectivity index (χ4n) is 3.10. The van der Waals surface area contributed by atoms with E-state index in [1.54, 1.807) is 18.3 Å². The van der Waals surface area contributed by atoms with Crippen molar-refractivity contribution in [2.75, 3.05) is 51.7 Å². The Morgan fingerprint density at radius 3 is 2.64 bits per heavy atom. The second-order valence-electron chi connectivity index (χ2n) is 6.32. The molecule has 8 nitrogen and oxygen atoms in total. The van der Waals surface area contributed by atoms with Gasteiger partial charge in [-0.3, -0.25) is 19.9 Å². The minimum Gasteiger partial charge on any atom is -0.365 e. The predicted molar refractivity (Wildman–Crippen MR) is 95.7 cm³/mol. The van der Waals surface area contributed by atoms with Crippen molar-refractivity contribution in [2.24, 2.45) is 0 Å².